The largest absolute Gasteiger partial charge is 0.479 e. The monoisotopic (exact) mass is 324 g/mol. The van der Waals surface area contributed by atoms with Crippen molar-refractivity contribution in [3.8, 4) is 0 Å². The van der Waals surface area contributed by atoms with Gasteiger partial charge in [-0.15, -0.1) is 11.3 Å². The lowest BCUT2D eigenvalue weighted by Gasteiger charge is -2.23. The fourth-order valence-electron chi connectivity index (χ4n) is 3.14. The van der Waals surface area contributed by atoms with Crippen molar-refractivity contribution in [1.29, 1.82) is 0 Å². The third kappa shape index (κ3) is 2.75. The summed E-state index contributed by atoms with van der Waals surface area (Å²) in [6.45, 7) is 2.17. The first kappa shape index (κ1) is 15.4. The molecule has 1 saturated carbocycles. The molecule has 7 heteroatoms. The first-order valence-electron chi connectivity index (χ1n) is 7.63. The van der Waals surface area contributed by atoms with Crippen LogP contribution in [-0.4, -0.2) is 40.7 Å². The minimum atomic E-state index is -1.30. The molecule has 6 nitrogen and oxygen atoms in total. The molecule has 0 aromatic carbocycles. The highest BCUT2D eigenvalue weighted by Crippen LogP contribution is 2.37. The van der Waals surface area contributed by atoms with Crippen LogP contribution in [0, 0.1) is 6.92 Å². The second kappa shape index (κ2) is 5.96. The van der Waals surface area contributed by atoms with Crippen LogP contribution in [0.15, 0.2) is 0 Å². The number of nitrogens with one attached hydrogen (secondary N) is 1. The number of hydrogen-bond donors (Lipinski definition) is 2. The number of aryl methyl sites for hydroxylation is 1. The normalized spacial score (nSPS) is 25.5. The number of aromatic nitrogens is 1. The maximum absolute atomic E-state index is 12.5. The van der Waals surface area contributed by atoms with Gasteiger partial charge in [0.1, 0.15) is 4.88 Å². The SMILES string of the molecule is Cc1nc(C2CCCC2)sc1C(=O)NC1(C(=O)O)CCOC1. The second-order valence-electron chi connectivity index (χ2n) is 6.09. The van der Waals surface area contributed by atoms with Crippen LogP contribution in [0.1, 0.15) is 58.4 Å². The number of carboxylic acids is 1. The van der Waals surface area contributed by atoms with Gasteiger partial charge in [-0.1, -0.05) is 12.8 Å². The molecular weight excluding hydrogens is 304 g/mol. The Morgan fingerprint density at radius 1 is 1.41 bits per heavy atom. The lowest BCUT2D eigenvalue weighted by atomic mass is 9.99. The van der Waals surface area contributed by atoms with Crippen molar-refractivity contribution in [3.63, 3.8) is 0 Å². The van der Waals surface area contributed by atoms with E-state index in [4.69, 9.17) is 4.74 Å². The third-order valence-corrected chi connectivity index (χ3v) is 5.83. The number of thiazole rings is 1. The zero-order valence-electron chi connectivity index (χ0n) is 12.6. The number of amides is 1. The van der Waals surface area contributed by atoms with Crippen molar-refractivity contribution in [3.05, 3.63) is 15.6 Å². The molecule has 22 heavy (non-hydrogen) atoms. The van der Waals surface area contributed by atoms with Crippen molar-refractivity contribution in [2.75, 3.05) is 13.2 Å². The quantitative estimate of drug-likeness (QED) is 0.885. The van der Waals surface area contributed by atoms with Gasteiger partial charge in [0, 0.05) is 18.9 Å². The molecule has 0 spiro atoms. The van der Waals surface area contributed by atoms with Gasteiger partial charge >= 0.3 is 5.97 Å². The van der Waals surface area contributed by atoms with Gasteiger partial charge in [-0.3, -0.25) is 4.79 Å². The lowest BCUT2D eigenvalue weighted by molar-refractivity contribution is -0.144. The summed E-state index contributed by atoms with van der Waals surface area (Å²) in [4.78, 5) is 29.0. The molecule has 3 rings (SSSR count). The Hall–Kier alpha value is -1.47. The molecule has 1 amide bonds. The molecule has 1 saturated heterocycles. The standard InChI is InChI=1S/C15H20N2O4S/c1-9-11(22-13(16-9)10-4-2-3-5-10)12(18)17-15(14(19)20)6-7-21-8-15/h10H,2-8H2,1H3,(H,17,18)(H,19,20). The van der Waals surface area contributed by atoms with Gasteiger partial charge in [0.05, 0.1) is 17.3 Å². The molecule has 1 aromatic rings. The summed E-state index contributed by atoms with van der Waals surface area (Å²) >= 11 is 1.40. The molecule has 0 bridgehead atoms. The molecule has 2 fully saturated rings. The van der Waals surface area contributed by atoms with Crippen LogP contribution in [-0.2, 0) is 9.53 Å². The van der Waals surface area contributed by atoms with Crippen LogP contribution in [0.4, 0.5) is 0 Å². The molecule has 2 aliphatic rings. The predicted octanol–water partition coefficient (Wildman–Crippen LogP) is 2.08. The van der Waals surface area contributed by atoms with Gasteiger partial charge in [-0.05, 0) is 19.8 Å². The van der Waals surface area contributed by atoms with Crippen LogP contribution in [0.25, 0.3) is 0 Å². The Morgan fingerprint density at radius 2 is 2.14 bits per heavy atom. The number of aliphatic carboxylic acids is 1. The zero-order chi connectivity index (χ0) is 15.7. The van der Waals surface area contributed by atoms with Gasteiger partial charge in [0.15, 0.2) is 5.54 Å². The molecule has 2 N–H and O–H groups in total. The molecule has 0 radical (unpaired) electrons. The van der Waals surface area contributed by atoms with Crippen molar-refractivity contribution in [2.24, 2.45) is 0 Å². The highest BCUT2D eigenvalue weighted by Gasteiger charge is 2.44. The Labute approximate surface area is 132 Å². The van der Waals surface area contributed by atoms with E-state index >= 15 is 0 Å². The zero-order valence-corrected chi connectivity index (χ0v) is 13.4. The van der Waals surface area contributed by atoms with Gasteiger partial charge in [0.2, 0.25) is 0 Å². The van der Waals surface area contributed by atoms with Crippen molar-refractivity contribution < 1.29 is 19.4 Å². The smallest absolute Gasteiger partial charge is 0.331 e. The minimum absolute atomic E-state index is 0.0153. The summed E-state index contributed by atoms with van der Waals surface area (Å²) in [6, 6.07) is 0. The van der Waals surface area contributed by atoms with Crippen molar-refractivity contribution in [1.82, 2.24) is 10.3 Å². The van der Waals surface area contributed by atoms with Crippen LogP contribution in [0.5, 0.6) is 0 Å². The van der Waals surface area contributed by atoms with Crippen LogP contribution >= 0.6 is 11.3 Å². The highest BCUT2D eigenvalue weighted by atomic mass is 32.1. The molecule has 1 aliphatic heterocycles. The number of carbonyl (C=O) groups excluding carboxylic acids is 1. The summed E-state index contributed by atoms with van der Waals surface area (Å²) in [5, 5.41) is 13.1. The fraction of sp³-hybridized carbons (Fsp3) is 0.667. The summed E-state index contributed by atoms with van der Waals surface area (Å²) in [7, 11) is 0. The summed E-state index contributed by atoms with van der Waals surface area (Å²) < 4.78 is 5.17. The third-order valence-electron chi connectivity index (χ3n) is 4.51. The van der Waals surface area contributed by atoms with Crippen molar-refractivity contribution >= 4 is 23.2 Å². The van der Waals surface area contributed by atoms with E-state index in [1.807, 2.05) is 6.92 Å². The fourth-order valence-corrected chi connectivity index (χ4v) is 4.27. The predicted molar refractivity (Wildman–Crippen MR) is 81.3 cm³/mol. The van der Waals surface area contributed by atoms with Gasteiger partial charge in [0.25, 0.3) is 5.91 Å². The van der Waals surface area contributed by atoms with E-state index in [9.17, 15) is 14.7 Å². The van der Waals surface area contributed by atoms with Crippen LogP contribution < -0.4 is 5.32 Å². The molecule has 2 heterocycles. The molecule has 1 aliphatic carbocycles. The average Bonchev–Trinajstić information content (AvgIpc) is 3.17. The number of ether oxygens (including phenoxy) is 1. The molecular formula is C15H20N2O4S. The topological polar surface area (TPSA) is 88.5 Å². The maximum atomic E-state index is 12.5. The lowest BCUT2D eigenvalue weighted by Crippen LogP contribution is -2.55. The van der Waals surface area contributed by atoms with E-state index in [2.05, 4.69) is 10.3 Å². The summed E-state index contributed by atoms with van der Waals surface area (Å²) in [5.74, 6) is -0.947. The molecule has 1 aromatic heterocycles. The van der Waals surface area contributed by atoms with E-state index in [1.54, 1.807) is 0 Å². The summed E-state index contributed by atoms with van der Waals surface area (Å²) in [5.41, 5.74) is -0.620. The first-order valence-corrected chi connectivity index (χ1v) is 8.44. The van der Waals surface area contributed by atoms with Gasteiger partial charge < -0.3 is 15.2 Å². The van der Waals surface area contributed by atoms with E-state index < -0.39 is 11.5 Å². The van der Waals surface area contributed by atoms with E-state index in [0.29, 0.717) is 29.5 Å². The molecule has 1 unspecified atom stereocenters. The number of nitrogens with zero attached hydrogens (tertiary/aromatic N) is 1. The maximum Gasteiger partial charge on any atom is 0.331 e. The number of carbonyl (C=O) groups is 2. The highest BCUT2D eigenvalue weighted by molar-refractivity contribution is 7.13. The average molecular weight is 324 g/mol. The first-order chi connectivity index (χ1) is 10.5. The second-order valence-corrected chi connectivity index (χ2v) is 7.12. The van der Waals surface area contributed by atoms with E-state index in [0.717, 1.165) is 17.8 Å². The summed E-state index contributed by atoms with van der Waals surface area (Å²) in [6.07, 6.45) is 4.97. The van der Waals surface area contributed by atoms with Crippen LogP contribution in [0.2, 0.25) is 0 Å². The Balaban J connectivity index is 1.78. The van der Waals surface area contributed by atoms with E-state index in [1.165, 1.54) is 24.2 Å². The van der Waals surface area contributed by atoms with Crippen LogP contribution in [0.3, 0.4) is 0 Å². The Kier molecular flexibility index (Phi) is 4.18. The molecule has 1 atom stereocenters. The van der Waals surface area contributed by atoms with E-state index in [-0.39, 0.29) is 12.5 Å². The number of rotatable bonds is 4. The van der Waals surface area contributed by atoms with Gasteiger partial charge in [-0.2, -0.15) is 0 Å². The Bertz CT molecular complexity index is 586. The van der Waals surface area contributed by atoms with Crippen molar-refractivity contribution in [2.45, 2.75) is 50.5 Å². The molecule has 120 valence electrons. The number of hydrogen-bond acceptors (Lipinski definition) is 5. The number of carboxylic acid groups (broad SMARTS) is 1. The van der Waals surface area contributed by atoms with Gasteiger partial charge in [-0.25, -0.2) is 9.78 Å². The minimum Gasteiger partial charge on any atom is -0.479 e. The Morgan fingerprint density at radius 3 is 2.73 bits per heavy atom.